The molecule has 1 fully saturated rings. The zero-order chi connectivity index (χ0) is 8.60. The van der Waals surface area contributed by atoms with Crippen LogP contribution < -0.4 is 0 Å². The second-order valence-electron chi connectivity index (χ2n) is 4.49. The minimum Gasteiger partial charge on any atom is -0.396 e. The van der Waals surface area contributed by atoms with E-state index in [2.05, 4.69) is 19.1 Å². The summed E-state index contributed by atoms with van der Waals surface area (Å²) < 4.78 is 0. The minimum absolute atomic E-state index is 0.404. The van der Waals surface area contributed by atoms with Crippen LogP contribution in [0.2, 0.25) is 0 Å². The molecule has 68 valence electrons. The van der Waals surface area contributed by atoms with Crippen LogP contribution in [0.1, 0.15) is 32.6 Å². The smallest absolute Gasteiger partial charge is 0.0467 e. The third-order valence-corrected chi connectivity index (χ3v) is 3.93. The Bertz CT molecular complexity index is 197. The lowest BCUT2D eigenvalue weighted by Crippen LogP contribution is -2.01. The summed E-state index contributed by atoms with van der Waals surface area (Å²) in [5, 5.41) is 9.17. The molecule has 12 heavy (non-hydrogen) atoms. The Kier molecular flexibility index (Phi) is 1.99. The van der Waals surface area contributed by atoms with Crippen LogP contribution in [0.4, 0.5) is 0 Å². The maximum absolute atomic E-state index is 9.17. The molecule has 0 amide bonds. The summed E-state index contributed by atoms with van der Waals surface area (Å²) in [7, 11) is 0. The fourth-order valence-corrected chi connectivity index (χ4v) is 2.91. The van der Waals surface area contributed by atoms with E-state index >= 15 is 0 Å². The topological polar surface area (TPSA) is 20.2 Å². The molecule has 2 rings (SSSR count). The average Bonchev–Trinajstić information content (AvgIpc) is 2.56. The van der Waals surface area contributed by atoms with E-state index in [1.807, 2.05) is 0 Å². The Balaban J connectivity index is 2.04. The SMILES string of the molecule is C[C@]12CC/C=C\CC[C@H]1[C@@H]2CO. The quantitative estimate of drug-likeness (QED) is 0.593. The molecule has 1 heteroatoms. The van der Waals surface area contributed by atoms with Gasteiger partial charge in [0.15, 0.2) is 0 Å². The zero-order valence-electron chi connectivity index (χ0n) is 7.79. The molecular formula is C11H18O. The predicted octanol–water partition coefficient (Wildman–Crippen LogP) is 2.36. The molecule has 0 spiro atoms. The van der Waals surface area contributed by atoms with E-state index < -0.39 is 0 Å². The van der Waals surface area contributed by atoms with Crippen LogP contribution in [0, 0.1) is 17.3 Å². The maximum Gasteiger partial charge on any atom is 0.0467 e. The van der Waals surface area contributed by atoms with Gasteiger partial charge in [-0.15, -0.1) is 0 Å². The van der Waals surface area contributed by atoms with Gasteiger partial charge in [0.25, 0.3) is 0 Å². The summed E-state index contributed by atoms with van der Waals surface area (Å²) in [6.07, 6.45) is 9.60. The number of aliphatic hydroxyl groups excluding tert-OH is 1. The van der Waals surface area contributed by atoms with Crippen molar-refractivity contribution < 1.29 is 5.11 Å². The highest BCUT2D eigenvalue weighted by Gasteiger charge is 2.58. The van der Waals surface area contributed by atoms with Crippen molar-refractivity contribution in [1.82, 2.24) is 0 Å². The lowest BCUT2D eigenvalue weighted by Gasteiger charge is -2.11. The molecule has 0 aromatic heterocycles. The molecule has 0 aromatic rings. The standard InChI is InChI=1S/C11H18O/c1-11-7-5-3-2-4-6-9(11)10(11)8-12/h2-3,9-10,12H,4-8H2,1H3/b3-2-/t9-,10-,11-/m0/s1. The average molecular weight is 166 g/mol. The number of allylic oxidation sites excluding steroid dienone is 2. The molecule has 1 nitrogen and oxygen atoms in total. The van der Waals surface area contributed by atoms with Crippen LogP contribution in [-0.2, 0) is 0 Å². The predicted molar refractivity (Wildman–Crippen MR) is 49.8 cm³/mol. The summed E-state index contributed by atoms with van der Waals surface area (Å²) >= 11 is 0. The summed E-state index contributed by atoms with van der Waals surface area (Å²) in [6, 6.07) is 0. The summed E-state index contributed by atoms with van der Waals surface area (Å²) in [6.45, 7) is 2.75. The fraction of sp³-hybridized carbons (Fsp3) is 0.818. The molecule has 0 radical (unpaired) electrons. The minimum atomic E-state index is 0.404. The second-order valence-corrected chi connectivity index (χ2v) is 4.49. The highest BCUT2D eigenvalue weighted by Crippen LogP contribution is 2.63. The van der Waals surface area contributed by atoms with E-state index in [1.165, 1.54) is 25.7 Å². The van der Waals surface area contributed by atoms with Crippen LogP contribution in [0.15, 0.2) is 12.2 Å². The van der Waals surface area contributed by atoms with Gasteiger partial charge in [0.1, 0.15) is 0 Å². The first-order valence-electron chi connectivity index (χ1n) is 5.05. The Hall–Kier alpha value is -0.300. The van der Waals surface area contributed by atoms with Gasteiger partial charge in [0.05, 0.1) is 0 Å². The highest BCUT2D eigenvalue weighted by atomic mass is 16.3. The van der Waals surface area contributed by atoms with Gasteiger partial charge in [-0.2, -0.15) is 0 Å². The first kappa shape index (κ1) is 8.31. The number of fused-ring (bicyclic) bond motifs is 1. The van der Waals surface area contributed by atoms with Crippen molar-refractivity contribution in [3.05, 3.63) is 12.2 Å². The van der Waals surface area contributed by atoms with Crippen molar-refractivity contribution in [2.45, 2.75) is 32.6 Å². The summed E-state index contributed by atoms with van der Waals surface area (Å²) in [5.41, 5.74) is 0.486. The first-order valence-corrected chi connectivity index (χ1v) is 5.05. The molecule has 2 aliphatic rings. The van der Waals surface area contributed by atoms with E-state index in [-0.39, 0.29) is 0 Å². The van der Waals surface area contributed by atoms with Crippen LogP contribution in [0.3, 0.4) is 0 Å². The highest BCUT2D eigenvalue weighted by molar-refractivity contribution is 5.09. The van der Waals surface area contributed by atoms with E-state index in [4.69, 9.17) is 5.11 Å². The molecule has 0 heterocycles. The number of hydrogen-bond donors (Lipinski definition) is 1. The summed E-state index contributed by atoms with van der Waals surface area (Å²) in [4.78, 5) is 0. The largest absolute Gasteiger partial charge is 0.396 e. The van der Waals surface area contributed by atoms with Crippen molar-refractivity contribution in [1.29, 1.82) is 0 Å². The molecule has 1 N–H and O–H groups in total. The first-order chi connectivity index (χ1) is 5.79. The van der Waals surface area contributed by atoms with Crippen LogP contribution in [-0.4, -0.2) is 11.7 Å². The number of aliphatic hydroxyl groups is 1. The van der Waals surface area contributed by atoms with Crippen LogP contribution in [0.5, 0.6) is 0 Å². The van der Waals surface area contributed by atoms with Gasteiger partial charge in [0.2, 0.25) is 0 Å². The third-order valence-electron chi connectivity index (χ3n) is 3.93. The van der Waals surface area contributed by atoms with Gasteiger partial charge >= 0.3 is 0 Å². The lowest BCUT2D eigenvalue weighted by atomic mass is 9.94. The van der Waals surface area contributed by atoms with E-state index in [0.29, 0.717) is 17.9 Å². The Morgan fingerprint density at radius 2 is 2.17 bits per heavy atom. The van der Waals surface area contributed by atoms with Gasteiger partial charge in [0, 0.05) is 6.61 Å². The van der Waals surface area contributed by atoms with Crippen molar-refractivity contribution in [3.8, 4) is 0 Å². The van der Waals surface area contributed by atoms with Crippen molar-refractivity contribution in [2.24, 2.45) is 17.3 Å². The van der Waals surface area contributed by atoms with E-state index in [0.717, 1.165) is 5.92 Å². The van der Waals surface area contributed by atoms with Crippen LogP contribution in [0.25, 0.3) is 0 Å². The lowest BCUT2D eigenvalue weighted by molar-refractivity contribution is 0.249. The monoisotopic (exact) mass is 166 g/mol. The third kappa shape index (κ3) is 1.11. The molecule has 2 aliphatic carbocycles. The number of rotatable bonds is 1. The van der Waals surface area contributed by atoms with Crippen molar-refractivity contribution >= 4 is 0 Å². The fourth-order valence-electron chi connectivity index (χ4n) is 2.91. The molecule has 3 atom stereocenters. The molecule has 0 bridgehead atoms. The summed E-state index contributed by atoms with van der Waals surface area (Å²) in [5.74, 6) is 1.42. The zero-order valence-corrected chi connectivity index (χ0v) is 7.79. The van der Waals surface area contributed by atoms with Gasteiger partial charge in [-0.25, -0.2) is 0 Å². The Morgan fingerprint density at radius 3 is 2.92 bits per heavy atom. The molecule has 1 saturated carbocycles. The Morgan fingerprint density at radius 1 is 1.42 bits per heavy atom. The van der Waals surface area contributed by atoms with E-state index in [9.17, 15) is 0 Å². The van der Waals surface area contributed by atoms with Gasteiger partial charge < -0.3 is 5.11 Å². The van der Waals surface area contributed by atoms with Gasteiger partial charge in [-0.05, 0) is 42.9 Å². The molecular weight excluding hydrogens is 148 g/mol. The molecule has 0 aliphatic heterocycles. The Labute approximate surface area is 74.5 Å². The molecule has 0 unspecified atom stereocenters. The number of hydrogen-bond acceptors (Lipinski definition) is 1. The van der Waals surface area contributed by atoms with Gasteiger partial charge in [-0.3, -0.25) is 0 Å². The van der Waals surface area contributed by atoms with Crippen molar-refractivity contribution in [3.63, 3.8) is 0 Å². The molecule has 0 aromatic carbocycles. The van der Waals surface area contributed by atoms with Crippen LogP contribution >= 0.6 is 0 Å². The second kappa shape index (κ2) is 2.88. The van der Waals surface area contributed by atoms with E-state index in [1.54, 1.807) is 0 Å². The normalized spacial score (nSPS) is 48.8. The maximum atomic E-state index is 9.17. The van der Waals surface area contributed by atoms with Crippen molar-refractivity contribution in [2.75, 3.05) is 6.61 Å². The molecule has 0 saturated heterocycles. The van der Waals surface area contributed by atoms with Gasteiger partial charge in [-0.1, -0.05) is 19.1 Å².